The highest BCUT2D eigenvalue weighted by atomic mass is 16.5. The third kappa shape index (κ3) is 9.22. The molecule has 5 aromatic carbocycles. The predicted molar refractivity (Wildman–Crippen MR) is 244 cm³/mol. The Morgan fingerprint density at radius 3 is 2.38 bits per heavy atom. The van der Waals surface area contributed by atoms with Gasteiger partial charge in [-0.15, -0.1) is 6.58 Å². The van der Waals surface area contributed by atoms with Crippen LogP contribution in [0.5, 0.6) is 11.5 Å². The summed E-state index contributed by atoms with van der Waals surface area (Å²) in [4.78, 5) is 60.0. The molecule has 322 valence electrons. The number of amides is 4. The lowest BCUT2D eigenvalue weighted by Gasteiger charge is -2.55. The molecule has 2 fully saturated rings. The number of benzene rings is 5. The van der Waals surface area contributed by atoms with Crippen molar-refractivity contribution in [2.45, 2.75) is 58.0 Å². The lowest BCUT2D eigenvalue weighted by Crippen LogP contribution is -2.75. The molecule has 2 atom stereocenters. The topological polar surface area (TPSA) is 128 Å². The molecule has 0 bridgehead atoms. The number of ether oxygens (including phenoxy) is 1. The first kappa shape index (κ1) is 42.5. The summed E-state index contributed by atoms with van der Waals surface area (Å²) in [5, 5.41) is 17.4. The molecule has 2 saturated heterocycles. The molecule has 0 spiro atoms. The number of piperazine rings is 1. The summed E-state index contributed by atoms with van der Waals surface area (Å²) < 4.78 is 7.84. The van der Waals surface area contributed by atoms with E-state index >= 15 is 0 Å². The number of hydrazine groups is 1. The average molecular weight is 845 g/mol. The standard InChI is InChI=1S/C51H52N6O6/c1-5-27-55-33-48(60)56-45(28-36-17-24-41(58)25-18-36)51(62)54(32-46(56)57(55)47(59)26-19-35-11-7-6-8-12-35)30-39-13-9-16-43-44(31-53(4)49(39)43)37-20-22-38(23-21-37)50(61)52-40-14-10-15-42(29-40)63-34(2)3/h5-18,20-25,29,31,34,45-46,58H,1,19,26-28,30,32-33H2,2-4H3,(H,52,61)/t45-,46-/m0/s1. The van der Waals surface area contributed by atoms with E-state index in [-0.39, 0.29) is 74.5 Å². The molecule has 12 heteroatoms. The van der Waals surface area contributed by atoms with Gasteiger partial charge in [-0.25, -0.2) is 10.0 Å². The summed E-state index contributed by atoms with van der Waals surface area (Å²) in [5.41, 5.74) is 6.69. The zero-order valence-corrected chi connectivity index (χ0v) is 35.8. The SMILES string of the molecule is C=CCN1CC(=O)N2[C@@H](Cc3ccc(O)cc3)C(=O)N(Cc3cccc4c(-c5ccc(C(=O)Nc6cccc(OC(C)C)c6)cc5)cn(C)c34)C[C@@H]2N1C(=O)CCc1ccccc1. The number of carbonyl (C=O) groups excluding carboxylic acids is 4. The molecule has 4 amide bonds. The van der Waals surface area contributed by atoms with Crippen molar-refractivity contribution in [1.29, 1.82) is 0 Å². The van der Waals surface area contributed by atoms with Crippen LogP contribution < -0.4 is 10.1 Å². The minimum absolute atomic E-state index is 0.0116. The third-order valence-electron chi connectivity index (χ3n) is 11.6. The fraction of sp³-hybridized carbons (Fsp3) is 0.255. The van der Waals surface area contributed by atoms with Gasteiger partial charge in [0.2, 0.25) is 17.7 Å². The van der Waals surface area contributed by atoms with E-state index in [1.165, 1.54) is 0 Å². The molecule has 2 aliphatic rings. The molecule has 0 aliphatic carbocycles. The highest BCUT2D eigenvalue weighted by Gasteiger charge is 2.51. The minimum Gasteiger partial charge on any atom is -0.508 e. The van der Waals surface area contributed by atoms with Crippen molar-refractivity contribution in [1.82, 2.24) is 24.4 Å². The second-order valence-electron chi connectivity index (χ2n) is 16.4. The maximum atomic E-state index is 14.8. The Balaban J connectivity index is 1.09. The van der Waals surface area contributed by atoms with Gasteiger partial charge in [-0.05, 0) is 78.9 Å². The first-order chi connectivity index (χ1) is 30.5. The molecule has 2 N–H and O–H groups in total. The second kappa shape index (κ2) is 18.4. The summed E-state index contributed by atoms with van der Waals surface area (Å²) in [6.07, 6.45) is 3.93. The van der Waals surface area contributed by atoms with E-state index in [0.29, 0.717) is 23.4 Å². The van der Waals surface area contributed by atoms with Gasteiger partial charge in [0.1, 0.15) is 23.7 Å². The quantitative estimate of drug-likeness (QED) is 0.108. The maximum Gasteiger partial charge on any atom is 0.255 e. The monoisotopic (exact) mass is 844 g/mol. The summed E-state index contributed by atoms with van der Waals surface area (Å²) in [6.45, 7) is 8.37. The number of hydrogen-bond acceptors (Lipinski definition) is 7. The Hall–Kier alpha value is -7.18. The van der Waals surface area contributed by atoms with Gasteiger partial charge in [0.05, 0.1) is 24.7 Å². The molecule has 0 saturated carbocycles. The van der Waals surface area contributed by atoms with E-state index < -0.39 is 12.2 Å². The van der Waals surface area contributed by atoms with Gasteiger partial charge in [0.15, 0.2) is 0 Å². The highest BCUT2D eigenvalue weighted by molar-refractivity contribution is 6.05. The van der Waals surface area contributed by atoms with Crippen molar-refractivity contribution in [2.75, 3.05) is 25.0 Å². The second-order valence-corrected chi connectivity index (χ2v) is 16.4. The molecule has 3 heterocycles. The first-order valence-electron chi connectivity index (χ1n) is 21.3. The zero-order chi connectivity index (χ0) is 44.2. The number of phenolic OH excluding ortho intramolecular Hbond substituents is 1. The van der Waals surface area contributed by atoms with Crippen molar-refractivity contribution in [3.05, 3.63) is 162 Å². The number of phenols is 1. The molecule has 8 rings (SSSR count). The van der Waals surface area contributed by atoms with Crippen LogP contribution >= 0.6 is 0 Å². The van der Waals surface area contributed by atoms with Crippen molar-refractivity contribution in [2.24, 2.45) is 7.05 Å². The molecule has 12 nitrogen and oxygen atoms in total. The Morgan fingerprint density at radius 1 is 0.905 bits per heavy atom. The smallest absolute Gasteiger partial charge is 0.255 e. The zero-order valence-electron chi connectivity index (χ0n) is 35.8. The number of fused-ring (bicyclic) bond motifs is 2. The Morgan fingerprint density at radius 2 is 1.65 bits per heavy atom. The number of nitrogens with one attached hydrogen (secondary N) is 1. The van der Waals surface area contributed by atoms with Crippen molar-refractivity contribution in [3.8, 4) is 22.6 Å². The number of para-hydroxylation sites is 1. The Labute approximate surface area is 367 Å². The molecular formula is C51H52N6O6. The number of rotatable bonds is 14. The number of aryl methyl sites for hydroxylation is 2. The normalized spacial score (nSPS) is 16.7. The third-order valence-corrected chi connectivity index (χ3v) is 11.6. The molecule has 0 unspecified atom stereocenters. The Bertz CT molecular complexity index is 2640. The predicted octanol–water partition coefficient (Wildman–Crippen LogP) is 7.58. The van der Waals surface area contributed by atoms with Crippen molar-refractivity contribution >= 4 is 40.2 Å². The van der Waals surface area contributed by atoms with Gasteiger partial charge in [-0.2, -0.15) is 0 Å². The maximum absolute atomic E-state index is 14.8. The van der Waals surface area contributed by atoms with Crippen LogP contribution in [0.25, 0.3) is 22.0 Å². The number of aromatic nitrogens is 1. The molecular weight excluding hydrogens is 793 g/mol. The fourth-order valence-corrected chi connectivity index (χ4v) is 8.81. The van der Waals surface area contributed by atoms with Gasteiger partial charge >= 0.3 is 0 Å². The fourth-order valence-electron chi connectivity index (χ4n) is 8.81. The Kier molecular flexibility index (Phi) is 12.4. The van der Waals surface area contributed by atoms with E-state index in [1.54, 1.807) is 56.2 Å². The summed E-state index contributed by atoms with van der Waals surface area (Å²) in [5.74, 6) is -0.0667. The van der Waals surface area contributed by atoms with E-state index in [0.717, 1.165) is 38.7 Å². The lowest BCUT2D eigenvalue weighted by atomic mass is 9.97. The molecule has 63 heavy (non-hydrogen) atoms. The van der Waals surface area contributed by atoms with Gasteiger partial charge in [0.25, 0.3) is 5.91 Å². The van der Waals surface area contributed by atoms with Crippen LogP contribution in [0.4, 0.5) is 5.69 Å². The molecule has 6 aromatic rings. The molecule has 1 aromatic heterocycles. The highest BCUT2D eigenvalue weighted by Crippen LogP contribution is 2.35. The van der Waals surface area contributed by atoms with Crippen LogP contribution in [0, 0.1) is 0 Å². The number of carbonyl (C=O) groups is 4. The van der Waals surface area contributed by atoms with E-state index in [2.05, 4.69) is 28.7 Å². The van der Waals surface area contributed by atoms with Crippen molar-refractivity contribution < 1.29 is 29.0 Å². The van der Waals surface area contributed by atoms with E-state index in [1.807, 2.05) is 106 Å². The van der Waals surface area contributed by atoms with Crippen LogP contribution in [-0.2, 0) is 40.8 Å². The average Bonchev–Trinajstić information content (AvgIpc) is 3.62. The first-order valence-corrected chi connectivity index (χ1v) is 21.3. The lowest BCUT2D eigenvalue weighted by molar-refractivity contribution is -0.205. The molecule has 2 aliphatic heterocycles. The van der Waals surface area contributed by atoms with Crippen LogP contribution in [-0.4, -0.2) is 91.1 Å². The van der Waals surface area contributed by atoms with Gasteiger partial charge in [0, 0.05) is 67.4 Å². The number of anilines is 1. The summed E-state index contributed by atoms with van der Waals surface area (Å²) in [7, 11) is 1.97. The van der Waals surface area contributed by atoms with E-state index in [4.69, 9.17) is 4.74 Å². The minimum atomic E-state index is -0.896. The molecule has 0 radical (unpaired) electrons. The van der Waals surface area contributed by atoms with Crippen LogP contribution in [0.3, 0.4) is 0 Å². The van der Waals surface area contributed by atoms with Crippen LogP contribution in [0.15, 0.2) is 140 Å². The van der Waals surface area contributed by atoms with Crippen molar-refractivity contribution in [3.63, 3.8) is 0 Å². The summed E-state index contributed by atoms with van der Waals surface area (Å²) in [6, 6.07) is 36.4. The van der Waals surface area contributed by atoms with Gasteiger partial charge in [-0.3, -0.25) is 19.2 Å². The number of aromatic hydroxyl groups is 1. The van der Waals surface area contributed by atoms with Gasteiger partial charge < -0.3 is 29.5 Å². The number of nitrogens with zero attached hydrogens (tertiary/aromatic N) is 5. The van der Waals surface area contributed by atoms with Crippen LogP contribution in [0.1, 0.15) is 47.3 Å². The summed E-state index contributed by atoms with van der Waals surface area (Å²) >= 11 is 0. The number of hydrogen-bond donors (Lipinski definition) is 2. The van der Waals surface area contributed by atoms with Crippen LogP contribution in [0.2, 0.25) is 0 Å². The van der Waals surface area contributed by atoms with Gasteiger partial charge in [-0.1, -0.05) is 84.9 Å². The largest absolute Gasteiger partial charge is 0.508 e. The van der Waals surface area contributed by atoms with E-state index in [9.17, 15) is 24.3 Å².